The van der Waals surface area contributed by atoms with E-state index in [0.717, 1.165) is 19.2 Å². The number of hydrogen-bond donors (Lipinski definition) is 2. The van der Waals surface area contributed by atoms with Gasteiger partial charge in [0.25, 0.3) is 0 Å². The molecule has 0 fully saturated rings. The van der Waals surface area contributed by atoms with E-state index in [2.05, 4.69) is 4.74 Å². The van der Waals surface area contributed by atoms with Crippen molar-refractivity contribution < 1.29 is 36.6 Å². The minimum absolute atomic E-state index is 0.613. The molecule has 1 rings (SSSR count). The smallest absolute Gasteiger partial charge is 0.416 e. The lowest BCUT2D eigenvalue weighted by atomic mass is 10.1. The zero-order valence-corrected chi connectivity index (χ0v) is 10.1. The average Bonchev–Trinajstić information content (AvgIpc) is 2.38. The van der Waals surface area contributed by atoms with Crippen LogP contribution in [0.3, 0.4) is 0 Å². The van der Waals surface area contributed by atoms with Crippen LogP contribution < -0.4 is 5.32 Å². The Balaban J connectivity index is 2.89. The van der Waals surface area contributed by atoms with E-state index in [1.807, 2.05) is 5.32 Å². The SMILES string of the molecule is COC(=O)c1ccc(NCC(O)C(F)(F)F)c(F)c1F. The van der Waals surface area contributed by atoms with Crippen LogP contribution in [0.15, 0.2) is 12.1 Å². The van der Waals surface area contributed by atoms with E-state index in [4.69, 9.17) is 5.11 Å². The lowest BCUT2D eigenvalue weighted by molar-refractivity contribution is -0.198. The van der Waals surface area contributed by atoms with Crippen LogP contribution in [0.1, 0.15) is 10.4 Å². The molecule has 20 heavy (non-hydrogen) atoms. The summed E-state index contributed by atoms with van der Waals surface area (Å²) in [6.07, 6.45) is -7.61. The zero-order valence-electron chi connectivity index (χ0n) is 10.1. The van der Waals surface area contributed by atoms with Crippen molar-refractivity contribution in [2.24, 2.45) is 0 Å². The molecular weight excluding hydrogens is 289 g/mol. The van der Waals surface area contributed by atoms with Gasteiger partial charge in [0.15, 0.2) is 17.7 Å². The summed E-state index contributed by atoms with van der Waals surface area (Å²) in [5.41, 5.74) is -1.30. The van der Waals surface area contributed by atoms with Crippen LogP contribution in [0.25, 0.3) is 0 Å². The Hall–Kier alpha value is -1.90. The summed E-state index contributed by atoms with van der Waals surface area (Å²) in [7, 11) is 0.964. The van der Waals surface area contributed by atoms with Gasteiger partial charge in [-0.15, -0.1) is 0 Å². The van der Waals surface area contributed by atoms with Gasteiger partial charge in [0.05, 0.1) is 18.4 Å². The molecule has 0 aliphatic heterocycles. The number of benzene rings is 1. The molecule has 0 aliphatic carbocycles. The number of anilines is 1. The molecule has 9 heteroatoms. The first-order valence-corrected chi connectivity index (χ1v) is 5.23. The molecule has 0 spiro atoms. The molecule has 0 aromatic heterocycles. The Bertz CT molecular complexity index is 504. The lowest BCUT2D eigenvalue weighted by Gasteiger charge is -2.16. The molecule has 0 aliphatic rings. The van der Waals surface area contributed by atoms with Crippen LogP contribution in [0.4, 0.5) is 27.6 Å². The number of alkyl halides is 3. The molecular formula is C11H10F5NO3. The minimum atomic E-state index is -4.88. The molecule has 0 saturated carbocycles. The van der Waals surface area contributed by atoms with Gasteiger partial charge in [0.1, 0.15) is 0 Å². The highest BCUT2D eigenvalue weighted by Crippen LogP contribution is 2.23. The maximum Gasteiger partial charge on any atom is 0.416 e. The molecule has 0 heterocycles. The van der Waals surface area contributed by atoms with Crippen LogP contribution >= 0.6 is 0 Å². The summed E-state index contributed by atoms with van der Waals surface area (Å²) in [6, 6.07) is 1.72. The Kier molecular flexibility index (Phi) is 4.88. The number of methoxy groups -OCH3 is 1. The summed E-state index contributed by atoms with van der Waals surface area (Å²) >= 11 is 0. The highest BCUT2D eigenvalue weighted by atomic mass is 19.4. The number of aliphatic hydroxyl groups excluding tert-OH is 1. The maximum atomic E-state index is 13.5. The van der Waals surface area contributed by atoms with Gasteiger partial charge in [-0.25, -0.2) is 13.6 Å². The average molecular weight is 299 g/mol. The normalized spacial score (nSPS) is 12.9. The molecule has 0 saturated heterocycles. The highest BCUT2D eigenvalue weighted by Gasteiger charge is 2.38. The standard InChI is InChI=1S/C11H10F5NO3/c1-20-10(19)5-2-3-6(9(13)8(5)12)17-4-7(18)11(14,15)16/h2-3,7,17-18H,4H2,1H3. The second kappa shape index (κ2) is 6.04. The van der Waals surface area contributed by atoms with Crippen molar-refractivity contribution in [1.82, 2.24) is 0 Å². The van der Waals surface area contributed by atoms with Gasteiger partial charge in [-0.3, -0.25) is 0 Å². The van der Waals surface area contributed by atoms with Crippen LogP contribution in [0.2, 0.25) is 0 Å². The van der Waals surface area contributed by atoms with Gasteiger partial charge in [-0.2, -0.15) is 13.2 Å². The summed E-state index contributed by atoms with van der Waals surface area (Å²) in [6.45, 7) is -1.06. The van der Waals surface area contributed by atoms with Crippen molar-refractivity contribution in [3.05, 3.63) is 29.3 Å². The van der Waals surface area contributed by atoms with E-state index >= 15 is 0 Å². The van der Waals surface area contributed by atoms with Gasteiger partial charge in [0, 0.05) is 6.54 Å². The number of halogens is 5. The number of esters is 1. The Labute approximate surface area is 110 Å². The van der Waals surface area contributed by atoms with Gasteiger partial charge < -0.3 is 15.2 Å². The fourth-order valence-electron chi connectivity index (χ4n) is 1.28. The number of rotatable bonds is 4. The second-order valence-corrected chi connectivity index (χ2v) is 3.72. The van der Waals surface area contributed by atoms with Gasteiger partial charge in [-0.05, 0) is 12.1 Å². The molecule has 1 aromatic rings. The van der Waals surface area contributed by atoms with E-state index in [-0.39, 0.29) is 0 Å². The maximum absolute atomic E-state index is 13.5. The first kappa shape index (κ1) is 16.2. The van der Waals surface area contributed by atoms with Gasteiger partial charge >= 0.3 is 12.1 Å². The molecule has 2 N–H and O–H groups in total. The van der Waals surface area contributed by atoms with E-state index in [1.54, 1.807) is 0 Å². The van der Waals surface area contributed by atoms with Crippen molar-refractivity contribution in [3.63, 3.8) is 0 Å². The monoisotopic (exact) mass is 299 g/mol. The molecule has 0 amide bonds. The second-order valence-electron chi connectivity index (χ2n) is 3.72. The number of aliphatic hydroxyl groups is 1. The largest absolute Gasteiger partial charge is 0.465 e. The molecule has 1 atom stereocenters. The van der Waals surface area contributed by atoms with Gasteiger partial charge in [0.2, 0.25) is 0 Å². The number of carbonyl (C=O) groups is 1. The van der Waals surface area contributed by atoms with Crippen molar-refractivity contribution in [2.45, 2.75) is 12.3 Å². The van der Waals surface area contributed by atoms with E-state index < -0.39 is 47.7 Å². The first-order valence-electron chi connectivity index (χ1n) is 5.23. The van der Waals surface area contributed by atoms with Crippen molar-refractivity contribution >= 4 is 11.7 Å². The van der Waals surface area contributed by atoms with Crippen molar-refractivity contribution in [2.75, 3.05) is 19.0 Å². The molecule has 0 bridgehead atoms. The van der Waals surface area contributed by atoms with Crippen molar-refractivity contribution in [1.29, 1.82) is 0 Å². The Morgan fingerprint density at radius 1 is 1.35 bits per heavy atom. The fraction of sp³-hybridized carbons (Fsp3) is 0.364. The summed E-state index contributed by atoms with van der Waals surface area (Å²) in [5.74, 6) is -4.21. The van der Waals surface area contributed by atoms with Gasteiger partial charge in [-0.1, -0.05) is 0 Å². The zero-order chi connectivity index (χ0) is 15.5. The molecule has 0 radical (unpaired) electrons. The topological polar surface area (TPSA) is 58.6 Å². The predicted octanol–water partition coefficient (Wildman–Crippen LogP) is 2.09. The summed E-state index contributed by atoms with van der Waals surface area (Å²) < 4.78 is 67.2. The third kappa shape index (κ3) is 3.56. The van der Waals surface area contributed by atoms with Crippen LogP contribution in [-0.4, -0.2) is 37.0 Å². The van der Waals surface area contributed by atoms with Crippen LogP contribution in [0.5, 0.6) is 0 Å². The number of hydrogen-bond acceptors (Lipinski definition) is 4. The minimum Gasteiger partial charge on any atom is -0.465 e. The first-order chi connectivity index (χ1) is 9.18. The Morgan fingerprint density at radius 2 is 1.95 bits per heavy atom. The third-order valence-corrected chi connectivity index (χ3v) is 2.35. The van der Waals surface area contributed by atoms with E-state index in [0.29, 0.717) is 0 Å². The lowest BCUT2D eigenvalue weighted by Crippen LogP contribution is -2.35. The Morgan fingerprint density at radius 3 is 2.45 bits per heavy atom. The molecule has 112 valence electrons. The summed E-state index contributed by atoms with van der Waals surface area (Å²) in [5, 5.41) is 10.6. The third-order valence-electron chi connectivity index (χ3n) is 2.35. The van der Waals surface area contributed by atoms with E-state index in [9.17, 15) is 26.7 Å². The van der Waals surface area contributed by atoms with E-state index in [1.165, 1.54) is 0 Å². The quantitative estimate of drug-likeness (QED) is 0.660. The molecule has 1 aromatic carbocycles. The molecule has 1 unspecified atom stereocenters. The highest BCUT2D eigenvalue weighted by molar-refractivity contribution is 5.90. The van der Waals surface area contributed by atoms with Crippen LogP contribution in [-0.2, 0) is 4.74 Å². The fourth-order valence-corrected chi connectivity index (χ4v) is 1.28. The number of ether oxygens (including phenoxy) is 1. The van der Waals surface area contributed by atoms with Crippen molar-refractivity contribution in [3.8, 4) is 0 Å². The number of nitrogens with one attached hydrogen (secondary N) is 1. The predicted molar refractivity (Wildman–Crippen MR) is 58.2 cm³/mol. The number of carbonyl (C=O) groups excluding carboxylic acids is 1. The molecule has 4 nitrogen and oxygen atoms in total. The van der Waals surface area contributed by atoms with Crippen LogP contribution in [0, 0.1) is 11.6 Å². The summed E-state index contributed by atoms with van der Waals surface area (Å²) in [4.78, 5) is 11.1.